The van der Waals surface area contributed by atoms with E-state index in [4.69, 9.17) is 5.73 Å². The van der Waals surface area contributed by atoms with Gasteiger partial charge in [0.05, 0.1) is 0 Å². The van der Waals surface area contributed by atoms with Crippen LogP contribution in [0.15, 0.2) is 36.4 Å². The Kier molecular flexibility index (Phi) is 3.98. The Morgan fingerprint density at radius 3 is 2.65 bits per heavy atom. The van der Waals surface area contributed by atoms with E-state index in [-0.39, 0.29) is 18.0 Å². The van der Waals surface area contributed by atoms with Crippen LogP contribution in [-0.2, 0) is 6.54 Å². The van der Waals surface area contributed by atoms with Crippen LogP contribution in [0.4, 0.5) is 14.5 Å². The summed E-state index contributed by atoms with van der Waals surface area (Å²) < 4.78 is 26.2. The molecule has 0 atom stereocenters. The Morgan fingerprint density at radius 2 is 1.95 bits per heavy atom. The zero-order valence-electron chi connectivity index (χ0n) is 10.9. The number of nitrogens with two attached hydrogens (primary N) is 1. The number of nitrogens with one attached hydrogen (secondary N) is 1. The highest BCUT2D eigenvalue weighted by molar-refractivity contribution is 5.96. The lowest BCUT2D eigenvalue weighted by molar-refractivity contribution is 0.0950. The molecule has 2 aromatic rings. The second-order valence-corrected chi connectivity index (χ2v) is 4.49. The minimum Gasteiger partial charge on any atom is -0.399 e. The van der Waals surface area contributed by atoms with Crippen LogP contribution in [0.1, 0.15) is 21.5 Å². The van der Waals surface area contributed by atoms with Crippen molar-refractivity contribution in [2.24, 2.45) is 0 Å². The normalized spacial score (nSPS) is 10.3. The molecular weight excluding hydrogens is 262 g/mol. The quantitative estimate of drug-likeness (QED) is 0.847. The first-order valence-corrected chi connectivity index (χ1v) is 6.05. The van der Waals surface area contributed by atoms with Crippen molar-refractivity contribution < 1.29 is 13.6 Å². The summed E-state index contributed by atoms with van der Waals surface area (Å²) in [4.78, 5) is 12.0. The fraction of sp³-hybridized carbons (Fsp3) is 0.133. The fourth-order valence-electron chi connectivity index (χ4n) is 1.82. The number of amides is 1. The first-order valence-electron chi connectivity index (χ1n) is 6.05. The van der Waals surface area contributed by atoms with Crippen molar-refractivity contribution in [2.45, 2.75) is 13.5 Å². The number of carbonyl (C=O) groups is 1. The third kappa shape index (κ3) is 3.12. The SMILES string of the molecule is Cc1ccc(N)cc1C(=O)NCc1ccc(F)cc1F. The maximum absolute atomic E-state index is 13.4. The molecule has 0 aliphatic carbocycles. The summed E-state index contributed by atoms with van der Waals surface area (Å²) in [6.45, 7) is 1.77. The van der Waals surface area contributed by atoms with Gasteiger partial charge in [0.1, 0.15) is 11.6 Å². The van der Waals surface area contributed by atoms with Crippen LogP contribution in [0.5, 0.6) is 0 Å². The summed E-state index contributed by atoms with van der Waals surface area (Å²) >= 11 is 0. The van der Waals surface area contributed by atoms with E-state index < -0.39 is 11.6 Å². The molecule has 0 radical (unpaired) electrons. The van der Waals surface area contributed by atoms with Crippen molar-refractivity contribution in [3.05, 3.63) is 64.7 Å². The second kappa shape index (κ2) is 5.69. The first kappa shape index (κ1) is 14.0. The highest BCUT2D eigenvalue weighted by atomic mass is 19.1. The van der Waals surface area contributed by atoms with Gasteiger partial charge in [0.25, 0.3) is 5.91 Å². The van der Waals surface area contributed by atoms with E-state index in [1.165, 1.54) is 6.07 Å². The van der Waals surface area contributed by atoms with Gasteiger partial charge in [0.15, 0.2) is 0 Å². The molecule has 104 valence electrons. The van der Waals surface area contributed by atoms with Crippen molar-refractivity contribution in [3.8, 4) is 0 Å². The zero-order chi connectivity index (χ0) is 14.7. The topological polar surface area (TPSA) is 55.1 Å². The van der Waals surface area contributed by atoms with E-state index >= 15 is 0 Å². The average Bonchev–Trinajstić information content (AvgIpc) is 2.40. The third-order valence-electron chi connectivity index (χ3n) is 2.96. The van der Waals surface area contributed by atoms with Crippen molar-refractivity contribution in [1.82, 2.24) is 5.32 Å². The van der Waals surface area contributed by atoms with Gasteiger partial charge >= 0.3 is 0 Å². The van der Waals surface area contributed by atoms with Gasteiger partial charge in [-0.25, -0.2) is 8.78 Å². The summed E-state index contributed by atoms with van der Waals surface area (Å²) in [5, 5.41) is 2.59. The molecule has 1 amide bonds. The number of rotatable bonds is 3. The second-order valence-electron chi connectivity index (χ2n) is 4.49. The molecule has 5 heteroatoms. The van der Waals surface area contributed by atoms with E-state index in [1.54, 1.807) is 25.1 Å². The number of aryl methyl sites for hydroxylation is 1. The Hall–Kier alpha value is -2.43. The largest absolute Gasteiger partial charge is 0.399 e. The van der Waals surface area contributed by atoms with E-state index in [9.17, 15) is 13.6 Å². The van der Waals surface area contributed by atoms with E-state index in [2.05, 4.69) is 5.32 Å². The zero-order valence-corrected chi connectivity index (χ0v) is 10.9. The van der Waals surface area contributed by atoms with Crippen LogP contribution in [0.2, 0.25) is 0 Å². The predicted molar refractivity (Wildman–Crippen MR) is 73.1 cm³/mol. The van der Waals surface area contributed by atoms with Gasteiger partial charge < -0.3 is 11.1 Å². The van der Waals surface area contributed by atoms with E-state index in [0.29, 0.717) is 11.3 Å². The number of anilines is 1. The van der Waals surface area contributed by atoms with Crippen molar-refractivity contribution in [3.63, 3.8) is 0 Å². The number of halogens is 2. The molecule has 3 N–H and O–H groups in total. The number of hydrogen-bond acceptors (Lipinski definition) is 2. The molecular formula is C15H14F2N2O. The molecule has 2 rings (SSSR count). The van der Waals surface area contributed by atoms with Crippen molar-refractivity contribution in [2.75, 3.05) is 5.73 Å². The molecule has 0 aliphatic rings. The molecule has 2 aromatic carbocycles. The lowest BCUT2D eigenvalue weighted by Gasteiger charge is -2.09. The summed E-state index contributed by atoms with van der Waals surface area (Å²) in [5.41, 5.74) is 7.55. The highest BCUT2D eigenvalue weighted by Crippen LogP contribution is 2.13. The summed E-state index contributed by atoms with van der Waals surface area (Å²) in [7, 11) is 0. The fourth-order valence-corrected chi connectivity index (χ4v) is 1.82. The smallest absolute Gasteiger partial charge is 0.251 e. The first-order chi connectivity index (χ1) is 9.47. The molecule has 0 saturated heterocycles. The number of hydrogen-bond donors (Lipinski definition) is 2. The molecule has 0 aromatic heterocycles. The minimum atomic E-state index is -0.686. The lowest BCUT2D eigenvalue weighted by atomic mass is 10.1. The lowest BCUT2D eigenvalue weighted by Crippen LogP contribution is -2.24. The number of carbonyl (C=O) groups excluding carboxylic acids is 1. The Bertz CT molecular complexity index is 656. The van der Waals surface area contributed by atoms with Gasteiger partial charge in [0, 0.05) is 29.4 Å². The molecule has 20 heavy (non-hydrogen) atoms. The summed E-state index contributed by atoms with van der Waals surface area (Å²) in [6, 6.07) is 8.24. The van der Waals surface area contributed by atoms with Crippen molar-refractivity contribution >= 4 is 11.6 Å². The van der Waals surface area contributed by atoms with Crippen LogP contribution in [0.25, 0.3) is 0 Å². The van der Waals surface area contributed by atoms with Gasteiger partial charge in [-0.1, -0.05) is 12.1 Å². The molecule has 0 fully saturated rings. The monoisotopic (exact) mass is 276 g/mol. The molecule has 0 saturated carbocycles. The van der Waals surface area contributed by atoms with Crippen LogP contribution in [0, 0.1) is 18.6 Å². The minimum absolute atomic E-state index is 0.0147. The van der Waals surface area contributed by atoms with Crippen LogP contribution in [-0.4, -0.2) is 5.91 Å². The van der Waals surface area contributed by atoms with Crippen molar-refractivity contribution in [1.29, 1.82) is 0 Å². The predicted octanol–water partition coefficient (Wildman–Crippen LogP) is 2.79. The van der Waals surface area contributed by atoms with Gasteiger partial charge in [-0.05, 0) is 30.7 Å². The van der Waals surface area contributed by atoms with Gasteiger partial charge in [-0.3, -0.25) is 4.79 Å². The molecule has 0 heterocycles. The number of nitrogen functional groups attached to an aromatic ring is 1. The van der Waals surface area contributed by atoms with Gasteiger partial charge in [-0.15, -0.1) is 0 Å². The Labute approximate surface area is 115 Å². The third-order valence-corrected chi connectivity index (χ3v) is 2.96. The van der Waals surface area contributed by atoms with E-state index in [1.807, 2.05) is 0 Å². The standard InChI is InChI=1S/C15H14F2N2O/c1-9-2-5-12(18)7-13(9)15(20)19-8-10-3-4-11(16)6-14(10)17/h2-7H,8,18H2,1H3,(H,19,20). The Morgan fingerprint density at radius 1 is 1.20 bits per heavy atom. The van der Waals surface area contributed by atoms with Crippen LogP contribution >= 0.6 is 0 Å². The maximum Gasteiger partial charge on any atom is 0.251 e. The molecule has 3 nitrogen and oxygen atoms in total. The van der Waals surface area contributed by atoms with E-state index in [0.717, 1.165) is 17.7 Å². The van der Waals surface area contributed by atoms with Gasteiger partial charge in [0.2, 0.25) is 0 Å². The summed E-state index contributed by atoms with van der Waals surface area (Å²) in [6.07, 6.45) is 0. The average molecular weight is 276 g/mol. The number of benzene rings is 2. The molecule has 0 aliphatic heterocycles. The van der Waals surface area contributed by atoms with Crippen LogP contribution in [0.3, 0.4) is 0 Å². The van der Waals surface area contributed by atoms with Crippen LogP contribution < -0.4 is 11.1 Å². The van der Waals surface area contributed by atoms with Gasteiger partial charge in [-0.2, -0.15) is 0 Å². The molecule has 0 spiro atoms. The maximum atomic E-state index is 13.4. The summed E-state index contributed by atoms with van der Waals surface area (Å²) in [5.74, 6) is -1.68. The molecule has 0 bridgehead atoms. The highest BCUT2D eigenvalue weighted by Gasteiger charge is 2.10. The Balaban J connectivity index is 2.10. The molecule has 0 unspecified atom stereocenters.